The number of aliphatic carboxylic acids is 2. The number of carboxylic acid groups (broad SMARTS) is 2. The normalized spacial score (nSPS) is 36.8. The molecule has 0 spiro atoms. The van der Waals surface area contributed by atoms with Gasteiger partial charge in [-0.15, -0.1) is 0 Å². The molecule has 0 aromatic rings. The largest absolute Gasteiger partial charge is 0.477 e. The van der Waals surface area contributed by atoms with Crippen molar-refractivity contribution in [2.45, 2.75) is 80.9 Å². The summed E-state index contributed by atoms with van der Waals surface area (Å²) < 4.78 is 9.45. The van der Waals surface area contributed by atoms with E-state index in [9.17, 15) is 54.3 Å². The van der Waals surface area contributed by atoms with E-state index in [0.717, 1.165) is 6.92 Å². The molecule has 0 aliphatic carbocycles. The van der Waals surface area contributed by atoms with Gasteiger partial charge in [0.1, 0.15) is 18.3 Å². The van der Waals surface area contributed by atoms with Gasteiger partial charge in [0.15, 0.2) is 12.6 Å². The van der Waals surface area contributed by atoms with Crippen LogP contribution in [0.15, 0.2) is 0 Å². The van der Waals surface area contributed by atoms with Crippen molar-refractivity contribution in [2.75, 3.05) is 0 Å². The lowest BCUT2D eigenvalue weighted by Crippen LogP contribution is -2.66. The van der Waals surface area contributed by atoms with Gasteiger partial charge in [0, 0.05) is 26.7 Å². The van der Waals surface area contributed by atoms with Crippen molar-refractivity contribution < 1.29 is 74.0 Å². The molecular weight excluding hydrogens is 496 g/mol. The van der Waals surface area contributed by atoms with Gasteiger partial charge < -0.3 is 65.4 Å². The number of aliphatic hydroxyl groups is 5. The van der Waals surface area contributed by atoms with Crippen molar-refractivity contribution in [3.05, 3.63) is 0 Å². The third kappa shape index (κ3) is 7.47. The summed E-state index contributed by atoms with van der Waals surface area (Å²) in [7, 11) is 0. The average Bonchev–Trinajstić information content (AvgIpc) is 2.76. The second-order valence-corrected chi connectivity index (χ2v) is 8.10. The van der Waals surface area contributed by atoms with Crippen LogP contribution in [0.3, 0.4) is 0 Å². The molecule has 2 aliphatic heterocycles. The van der Waals surface area contributed by atoms with Crippen LogP contribution >= 0.6 is 0 Å². The van der Waals surface area contributed by atoms with Crippen LogP contribution in [0.2, 0.25) is 0 Å². The zero-order valence-corrected chi connectivity index (χ0v) is 19.0. The van der Waals surface area contributed by atoms with Gasteiger partial charge in [-0.1, -0.05) is 0 Å². The molecule has 0 saturated carbocycles. The number of rotatable bonds is 7. The molecule has 2 rings (SSSR count). The monoisotopic (exact) mass is 524 g/mol. The summed E-state index contributed by atoms with van der Waals surface area (Å²) >= 11 is 0. The maximum absolute atomic E-state index is 11.0. The van der Waals surface area contributed by atoms with Gasteiger partial charge in [-0.3, -0.25) is 9.59 Å². The van der Waals surface area contributed by atoms with Crippen molar-refractivity contribution in [3.8, 4) is 0 Å². The van der Waals surface area contributed by atoms with Crippen molar-refractivity contribution >= 4 is 36.3 Å². The minimum Gasteiger partial charge on any atom is -0.477 e. The van der Waals surface area contributed by atoms with E-state index < -0.39 is 90.8 Å². The fraction of sp³-hybridized carbons (Fsp3) is 0.684. The SMILES string of the molecule is CC(=O)NC1C(O)CC(O)(C(=O)O)OC1C(O)C=O.CC(=O)NC1C(O)CC(O)(C(=O)O)OC1C=O. The first kappa shape index (κ1) is 31.0. The van der Waals surface area contributed by atoms with E-state index in [1.54, 1.807) is 0 Å². The second kappa shape index (κ2) is 12.3. The van der Waals surface area contributed by atoms with E-state index >= 15 is 0 Å². The first-order valence-electron chi connectivity index (χ1n) is 10.3. The van der Waals surface area contributed by atoms with E-state index in [-0.39, 0.29) is 12.6 Å². The molecule has 2 heterocycles. The number of carbonyl (C=O) groups is 6. The molecule has 0 radical (unpaired) electrons. The standard InChI is InChI=1S/C10H15NO8.C9H13NO7/c1-4(13)11-7-5(14)2-10(18,9(16)17)19-8(7)6(15)3-12;1-4(12)10-7-5(13)2-9(16,8(14)15)17-6(7)3-11/h3,5-8,14-15,18H,2H2,1H3,(H,11,13)(H,16,17);3,5-7,13,16H,2H2,1H3,(H,10,12)(H,14,15). The highest BCUT2D eigenvalue weighted by Crippen LogP contribution is 2.29. The van der Waals surface area contributed by atoms with Crippen LogP contribution in [0.25, 0.3) is 0 Å². The van der Waals surface area contributed by atoms with Gasteiger partial charge >= 0.3 is 11.9 Å². The third-order valence-electron chi connectivity index (χ3n) is 5.19. The summed E-state index contributed by atoms with van der Waals surface area (Å²) in [6, 6.07) is -2.29. The Hall–Kier alpha value is -3.06. The van der Waals surface area contributed by atoms with E-state index in [4.69, 9.17) is 14.9 Å². The number of hydrogen-bond acceptors (Lipinski definition) is 13. The summed E-state index contributed by atoms with van der Waals surface area (Å²) in [5, 5.41) is 70.0. The van der Waals surface area contributed by atoms with E-state index in [1.807, 2.05) is 0 Å². The predicted molar refractivity (Wildman–Crippen MR) is 110 cm³/mol. The molecule has 204 valence electrons. The number of aliphatic hydroxyl groups excluding tert-OH is 3. The minimum atomic E-state index is -2.73. The molecule has 0 aromatic heterocycles. The number of nitrogens with one attached hydrogen (secondary N) is 2. The van der Waals surface area contributed by atoms with Crippen LogP contribution in [-0.2, 0) is 38.2 Å². The number of carboxylic acids is 2. The lowest BCUT2D eigenvalue weighted by atomic mass is 9.90. The quantitative estimate of drug-likeness (QED) is 0.140. The smallest absolute Gasteiger partial charge is 0.364 e. The molecular formula is C19H28N2O15. The van der Waals surface area contributed by atoms with Gasteiger partial charge in [0.05, 0.1) is 24.3 Å². The Kier molecular flexibility index (Phi) is 10.5. The summed E-state index contributed by atoms with van der Waals surface area (Å²) in [5.41, 5.74) is 0. The number of carbonyl (C=O) groups excluding carboxylic acids is 4. The molecule has 0 bridgehead atoms. The summed E-state index contributed by atoms with van der Waals surface area (Å²) in [6.45, 7) is 2.31. The number of amides is 2. The maximum atomic E-state index is 11.0. The summed E-state index contributed by atoms with van der Waals surface area (Å²) in [5.74, 6) is -9.91. The van der Waals surface area contributed by atoms with Gasteiger partial charge in [-0.25, -0.2) is 9.59 Å². The highest BCUT2D eigenvalue weighted by molar-refractivity contribution is 5.78. The molecule has 17 heteroatoms. The Morgan fingerprint density at radius 1 is 0.861 bits per heavy atom. The predicted octanol–water partition coefficient (Wildman–Crippen LogP) is -5.41. The number of aldehydes is 2. The first-order valence-corrected chi connectivity index (χ1v) is 10.3. The molecule has 9 unspecified atom stereocenters. The molecule has 17 nitrogen and oxygen atoms in total. The summed E-state index contributed by atoms with van der Waals surface area (Å²) in [6.07, 6.45) is -8.79. The molecule has 9 N–H and O–H groups in total. The Labute approximate surface area is 202 Å². The van der Waals surface area contributed by atoms with E-state index in [0.29, 0.717) is 0 Å². The maximum Gasteiger partial charge on any atom is 0.364 e. The fourth-order valence-electron chi connectivity index (χ4n) is 3.53. The third-order valence-corrected chi connectivity index (χ3v) is 5.19. The van der Waals surface area contributed by atoms with Crippen LogP contribution in [0.5, 0.6) is 0 Å². The van der Waals surface area contributed by atoms with Gasteiger partial charge in [0.25, 0.3) is 11.6 Å². The zero-order valence-electron chi connectivity index (χ0n) is 19.0. The lowest BCUT2D eigenvalue weighted by Gasteiger charge is -2.43. The second-order valence-electron chi connectivity index (χ2n) is 8.10. The molecule has 9 atom stereocenters. The molecule has 2 amide bonds. The molecule has 0 aromatic carbocycles. The molecule has 36 heavy (non-hydrogen) atoms. The molecule has 2 fully saturated rings. The Morgan fingerprint density at radius 3 is 1.67 bits per heavy atom. The van der Waals surface area contributed by atoms with Crippen molar-refractivity contribution in [3.63, 3.8) is 0 Å². The van der Waals surface area contributed by atoms with E-state index in [2.05, 4.69) is 15.4 Å². The zero-order chi connectivity index (χ0) is 28.0. The molecule has 2 aliphatic rings. The van der Waals surface area contributed by atoms with Crippen LogP contribution in [0, 0.1) is 0 Å². The van der Waals surface area contributed by atoms with Gasteiger partial charge in [-0.2, -0.15) is 0 Å². The summed E-state index contributed by atoms with van der Waals surface area (Å²) in [4.78, 5) is 64.7. The molecule has 2 saturated heterocycles. The number of hydrogen-bond donors (Lipinski definition) is 9. The first-order chi connectivity index (χ1) is 16.5. The highest BCUT2D eigenvalue weighted by Gasteiger charge is 2.53. The van der Waals surface area contributed by atoms with Crippen LogP contribution in [0.1, 0.15) is 26.7 Å². The lowest BCUT2D eigenvalue weighted by molar-refractivity contribution is -0.286. The van der Waals surface area contributed by atoms with Crippen LogP contribution in [0.4, 0.5) is 0 Å². The van der Waals surface area contributed by atoms with E-state index in [1.165, 1.54) is 6.92 Å². The highest BCUT2D eigenvalue weighted by atomic mass is 16.7. The Balaban J connectivity index is 0.000000362. The average molecular weight is 524 g/mol. The van der Waals surface area contributed by atoms with Crippen molar-refractivity contribution in [1.82, 2.24) is 10.6 Å². The van der Waals surface area contributed by atoms with Crippen LogP contribution in [-0.4, -0.2) is 126 Å². The fourth-order valence-corrected chi connectivity index (χ4v) is 3.53. The number of ether oxygens (including phenoxy) is 2. The van der Waals surface area contributed by atoms with Crippen LogP contribution < -0.4 is 10.6 Å². The van der Waals surface area contributed by atoms with Gasteiger partial charge in [0.2, 0.25) is 11.8 Å². The topological polar surface area (TPSA) is 287 Å². The Bertz CT molecular complexity index is 868. The van der Waals surface area contributed by atoms with Gasteiger partial charge in [-0.05, 0) is 0 Å². The van der Waals surface area contributed by atoms with Crippen molar-refractivity contribution in [2.24, 2.45) is 0 Å². The Morgan fingerprint density at radius 2 is 1.28 bits per heavy atom. The minimum absolute atomic E-state index is 0.0554. The van der Waals surface area contributed by atoms with Crippen molar-refractivity contribution in [1.29, 1.82) is 0 Å².